The zero-order valence-corrected chi connectivity index (χ0v) is 12.6. The summed E-state index contributed by atoms with van der Waals surface area (Å²) in [5, 5.41) is 38.0. The van der Waals surface area contributed by atoms with Crippen LogP contribution in [0.5, 0.6) is 0 Å². The van der Waals surface area contributed by atoms with Crippen molar-refractivity contribution in [1.29, 1.82) is 0 Å². The summed E-state index contributed by atoms with van der Waals surface area (Å²) in [6.07, 6.45) is 0. The summed E-state index contributed by atoms with van der Waals surface area (Å²) in [5.74, 6) is -5.52. The molecule has 0 aliphatic carbocycles. The molecule has 0 amide bonds. The number of carboxylic acids is 4. The predicted molar refractivity (Wildman–Crippen MR) is 63.9 cm³/mol. The average Bonchev–Trinajstić information content (AvgIpc) is 2.22. The van der Waals surface area contributed by atoms with E-state index in [4.69, 9.17) is 10.2 Å². The summed E-state index contributed by atoms with van der Waals surface area (Å²) in [5.41, 5.74) is 0. The summed E-state index contributed by atoms with van der Waals surface area (Å²) in [6.45, 7) is -2.75. The van der Waals surface area contributed by atoms with Gasteiger partial charge in [0, 0.05) is 26.2 Å². The number of carboxylic acid groups (broad SMARTS) is 4. The summed E-state index contributed by atoms with van der Waals surface area (Å²) >= 11 is 0. The van der Waals surface area contributed by atoms with Gasteiger partial charge in [-0.15, -0.1) is 0 Å². The molecule has 0 aromatic rings. The summed E-state index contributed by atoms with van der Waals surface area (Å²) in [4.78, 5) is 43.9. The Hall–Kier alpha value is -1.43. The summed E-state index contributed by atoms with van der Waals surface area (Å²) in [7, 11) is 0. The van der Waals surface area contributed by atoms with Gasteiger partial charge in [-0.2, -0.15) is 0 Å². The molecule has 0 unspecified atom stereocenters. The maximum atomic E-state index is 10.5. The molecule has 0 aromatic heterocycles. The Balaban J connectivity index is 0. The van der Waals surface area contributed by atoms with E-state index in [1.807, 2.05) is 0 Å². The number of hydrogen-bond donors (Lipinski definition) is 2. The second-order valence-corrected chi connectivity index (χ2v) is 3.95. The molecule has 0 radical (unpaired) electrons. The number of aliphatic carboxylic acids is 4. The van der Waals surface area contributed by atoms with Crippen molar-refractivity contribution in [3.8, 4) is 0 Å². The van der Waals surface area contributed by atoms with Crippen molar-refractivity contribution in [3.05, 3.63) is 0 Å². The molecule has 2 N–H and O–H groups in total. The first kappa shape index (κ1) is 21.9. The molecular weight excluding hydrogens is 300 g/mol. The molecule has 0 atom stereocenters. The Labute approximate surface area is 136 Å². The molecule has 11 heteroatoms. The van der Waals surface area contributed by atoms with Crippen LogP contribution in [-0.2, 0) is 19.2 Å². The van der Waals surface area contributed by atoms with Gasteiger partial charge in [-0.05, 0) is 0 Å². The largest absolute Gasteiger partial charge is 2.00 e. The Morgan fingerprint density at radius 3 is 1.24 bits per heavy atom. The van der Waals surface area contributed by atoms with Crippen molar-refractivity contribution in [3.63, 3.8) is 0 Å². The summed E-state index contributed by atoms with van der Waals surface area (Å²) < 4.78 is 0. The van der Waals surface area contributed by atoms with Gasteiger partial charge in [-0.25, -0.2) is 0 Å². The van der Waals surface area contributed by atoms with E-state index in [0.29, 0.717) is 0 Å². The maximum absolute atomic E-state index is 10.5. The Bertz CT molecular complexity index is 321. The molecule has 21 heavy (non-hydrogen) atoms. The van der Waals surface area contributed by atoms with E-state index in [2.05, 4.69) is 0 Å². The SMILES string of the molecule is O=C([O-])CN(CCN(CC(=O)O)CC(=O)O)CC(=O)[O-].[Mg+2]. The second-order valence-electron chi connectivity index (χ2n) is 3.95. The van der Waals surface area contributed by atoms with Crippen LogP contribution >= 0.6 is 0 Å². The van der Waals surface area contributed by atoms with Crippen LogP contribution in [0.2, 0.25) is 0 Å². The van der Waals surface area contributed by atoms with Crippen molar-refractivity contribution in [2.75, 3.05) is 39.3 Å². The summed E-state index contributed by atoms with van der Waals surface area (Å²) in [6, 6.07) is 0. The molecule has 114 valence electrons. The standard InChI is InChI=1S/C10H16N2O8.Mg/c13-7(14)3-11(4-8(15)16)1-2-12(5-9(17)18)6-10(19)20;/h1-6H2,(H,13,14)(H,15,16)(H,17,18)(H,19,20);/q;+2/p-2. The van der Waals surface area contributed by atoms with Crippen molar-refractivity contribution >= 4 is 46.9 Å². The number of carbonyl (C=O) groups excluding carboxylic acids is 2. The van der Waals surface area contributed by atoms with Crippen LogP contribution in [0.1, 0.15) is 0 Å². The molecule has 0 fully saturated rings. The van der Waals surface area contributed by atoms with Gasteiger partial charge < -0.3 is 30.0 Å². The molecule has 10 nitrogen and oxygen atoms in total. The van der Waals surface area contributed by atoms with E-state index in [1.54, 1.807) is 0 Å². The van der Waals surface area contributed by atoms with Gasteiger partial charge in [0.2, 0.25) is 0 Å². The number of rotatable bonds is 11. The fourth-order valence-electron chi connectivity index (χ4n) is 1.46. The Morgan fingerprint density at radius 2 is 1.00 bits per heavy atom. The zero-order chi connectivity index (χ0) is 15.7. The Morgan fingerprint density at radius 1 is 0.714 bits per heavy atom. The minimum Gasteiger partial charge on any atom is -0.549 e. The smallest absolute Gasteiger partial charge is 0.549 e. The molecule has 0 saturated carbocycles. The van der Waals surface area contributed by atoms with Crippen LogP contribution in [0.3, 0.4) is 0 Å². The number of carbonyl (C=O) groups is 4. The van der Waals surface area contributed by atoms with Crippen LogP contribution in [0.25, 0.3) is 0 Å². The average molecular weight is 315 g/mol. The van der Waals surface area contributed by atoms with E-state index in [0.717, 1.165) is 9.80 Å². The van der Waals surface area contributed by atoms with E-state index in [1.165, 1.54) is 0 Å². The molecule has 0 spiro atoms. The molecule has 0 aliphatic heterocycles. The van der Waals surface area contributed by atoms with Gasteiger partial charge in [-0.3, -0.25) is 19.4 Å². The first-order valence-corrected chi connectivity index (χ1v) is 5.48. The topological polar surface area (TPSA) is 161 Å². The zero-order valence-electron chi connectivity index (χ0n) is 11.2. The van der Waals surface area contributed by atoms with Gasteiger partial charge >= 0.3 is 35.0 Å². The number of nitrogens with zero attached hydrogens (tertiary/aromatic N) is 2. The van der Waals surface area contributed by atoms with E-state index < -0.39 is 50.1 Å². The van der Waals surface area contributed by atoms with Gasteiger partial charge in [0.15, 0.2) is 0 Å². The van der Waals surface area contributed by atoms with Gasteiger partial charge in [0.1, 0.15) is 0 Å². The monoisotopic (exact) mass is 314 g/mol. The third-order valence-corrected chi connectivity index (χ3v) is 2.16. The third-order valence-electron chi connectivity index (χ3n) is 2.16. The minimum atomic E-state index is -1.51. The van der Waals surface area contributed by atoms with Crippen LogP contribution in [0, 0.1) is 0 Å². The normalized spacial score (nSPS) is 10.2. The van der Waals surface area contributed by atoms with E-state index in [-0.39, 0.29) is 36.1 Å². The predicted octanol–water partition coefficient (Wildman–Crippen LogP) is -5.12. The molecule has 0 saturated heterocycles. The fraction of sp³-hybridized carbons (Fsp3) is 0.600. The van der Waals surface area contributed by atoms with Gasteiger partial charge in [0.25, 0.3) is 0 Å². The molecular formula is C10H14MgN2O8. The molecule has 0 aliphatic rings. The maximum Gasteiger partial charge on any atom is 2.00 e. The minimum absolute atomic E-state index is 0. The van der Waals surface area contributed by atoms with Crippen molar-refractivity contribution in [2.24, 2.45) is 0 Å². The number of hydrogen-bond acceptors (Lipinski definition) is 8. The fourth-order valence-corrected chi connectivity index (χ4v) is 1.46. The Kier molecular flexibility index (Phi) is 11.7. The molecule has 0 heterocycles. The van der Waals surface area contributed by atoms with Crippen LogP contribution in [0.15, 0.2) is 0 Å². The van der Waals surface area contributed by atoms with Crippen LogP contribution < -0.4 is 10.2 Å². The quantitative estimate of drug-likeness (QED) is 0.353. The molecule has 0 rings (SSSR count). The van der Waals surface area contributed by atoms with Gasteiger partial charge in [0.05, 0.1) is 25.0 Å². The first-order chi connectivity index (χ1) is 9.20. The first-order valence-electron chi connectivity index (χ1n) is 5.48. The van der Waals surface area contributed by atoms with Gasteiger partial charge in [-0.1, -0.05) is 0 Å². The third kappa shape index (κ3) is 13.3. The van der Waals surface area contributed by atoms with Crippen molar-refractivity contribution < 1.29 is 39.6 Å². The molecule has 0 bridgehead atoms. The second kappa shape index (κ2) is 11.3. The van der Waals surface area contributed by atoms with Crippen molar-refractivity contribution in [1.82, 2.24) is 9.80 Å². The van der Waals surface area contributed by atoms with Crippen LogP contribution in [-0.4, -0.2) is 106 Å². The van der Waals surface area contributed by atoms with E-state index in [9.17, 15) is 29.4 Å². The van der Waals surface area contributed by atoms with Crippen molar-refractivity contribution in [2.45, 2.75) is 0 Å². The van der Waals surface area contributed by atoms with Crippen LogP contribution in [0.4, 0.5) is 0 Å². The van der Waals surface area contributed by atoms with E-state index >= 15 is 0 Å². The molecule has 0 aromatic carbocycles.